The van der Waals surface area contributed by atoms with Gasteiger partial charge in [-0.2, -0.15) is 0 Å². The van der Waals surface area contributed by atoms with Gasteiger partial charge in [0.25, 0.3) is 0 Å². The van der Waals surface area contributed by atoms with Crippen LogP contribution >= 0.6 is 0 Å². The Morgan fingerprint density at radius 1 is 1.45 bits per heavy atom. The van der Waals surface area contributed by atoms with Crippen LogP contribution in [0.3, 0.4) is 0 Å². The van der Waals surface area contributed by atoms with E-state index in [2.05, 4.69) is 5.32 Å². The zero-order valence-corrected chi connectivity index (χ0v) is 12.4. The Hall–Kier alpha value is -1.62. The van der Waals surface area contributed by atoms with Crippen molar-refractivity contribution in [3.05, 3.63) is 29.6 Å². The molecule has 0 spiro atoms. The number of primary amides is 1. The van der Waals surface area contributed by atoms with E-state index in [-0.39, 0.29) is 12.4 Å². The number of benzene rings is 1. The number of hydrogen-bond donors (Lipinski definition) is 2. The molecule has 1 aromatic carbocycles. The number of nitrogens with one attached hydrogen (secondary N) is 1. The van der Waals surface area contributed by atoms with E-state index in [1.54, 1.807) is 11.0 Å². The molecule has 1 aromatic rings. The van der Waals surface area contributed by atoms with Crippen molar-refractivity contribution in [1.82, 2.24) is 5.32 Å². The standard InChI is InChI=1S/C15H24FN3O/c1-4-18-8-12-5-6-14(13(16)7-12)19(9-11(2)3)10-15(17)20/h5-7,11,18H,4,8-10H2,1-3H3,(H2,17,20). The normalized spacial score (nSPS) is 10.8. The van der Waals surface area contributed by atoms with Crippen LogP contribution in [-0.4, -0.2) is 25.5 Å². The third kappa shape index (κ3) is 5.17. The van der Waals surface area contributed by atoms with E-state index in [1.807, 2.05) is 26.8 Å². The first-order valence-electron chi connectivity index (χ1n) is 6.96. The van der Waals surface area contributed by atoms with Gasteiger partial charge in [-0.05, 0) is 30.2 Å². The Bertz CT molecular complexity index is 449. The third-order valence-corrected chi connectivity index (χ3v) is 2.86. The SMILES string of the molecule is CCNCc1ccc(N(CC(N)=O)CC(C)C)c(F)c1. The van der Waals surface area contributed by atoms with Gasteiger partial charge < -0.3 is 16.0 Å². The smallest absolute Gasteiger partial charge is 0.236 e. The van der Waals surface area contributed by atoms with Gasteiger partial charge in [0.15, 0.2) is 0 Å². The predicted molar refractivity (Wildman–Crippen MR) is 80.0 cm³/mol. The summed E-state index contributed by atoms with van der Waals surface area (Å²) in [5, 5.41) is 3.15. The summed E-state index contributed by atoms with van der Waals surface area (Å²) in [6, 6.07) is 5.09. The Balaban J connectivity index is 2.92. The summed E-state index contributed by atoms with van der Waals surface area (Å²) in [6.07, 6.45) is 0. The van der Waals surface area contributed by atoms with Crippen molar-refractivity contribution in [3.8, 4) is 0 Å². The lowest BCUT2D eigenvalue weighted by Gasteiger charge is -2.26. The molecule has 3 N–H and O–H groups in total. The third-order valence-electron chi connectivity index (χ3n) is 2.86. The van der Waals surface area contributed by atoms with E-state index in [1.165, 1.54) is 6.07 Å². The largest absolute Gasteiger partial charge is 0.368 e. The fourth-order valence-corrected chi connectivity index (χ4v) is 2.06. The van der Waals surface area contributed by atoms with E-state index in [0.29, 0.717) is 24.7 Å². The molecular weight excluding hydrogens is 257 g/mol. The lowest BCUT2D eigenvalue weighted by atomic mass is 10.1. The molecule has 0 aliphatic rings. The molecule has 0 aliphatic carbocycles. The van der Waals surface area contributed by atoms with E-state index in [4.69, 9.17) is 5.73 Å². The molecule has 0 heterocycles. The van der Waals surface area contributed by atoms with E-state index in [9.17, 15) is 9.18 Å². The molecule has 0 saturated heterocycles. The number of hydrogen-bond acceptors (Lipinski definition) is 3. The number of amides is 1. The van der Waals surface area contributed by atoms with Crippen LogP contribution < -0.4 is 16.0 Å². The van der Waals surface area contributed by atoms with Gasteiger partial charge in [0.2, 0.25) is 5.91 Å². The first-order valence-corrected chi connectivity index (χ1v) is 6.96. The molecule has 1 amide bonds. The maximum atomic E-state index is 14.2. The number of carbonyl (C=O) groups excluding carboxylic acids is 1. The maximum Gasteiger partial charge on any atom is 0.236 e. The van der Waals surface area contributed by atoms with E-state index >= 15 is 0 Å². The van der Waals surface area contributed by atoms with E-state index in [0.717, 1.165) is 12.1 Å². The molecule has 0 bridgehead atoms. The summed E-state index contributed by atoms with van der Waals surface area (Å²) < 4.78 is 14.2. The summed E-state index contributed by atoms with van der Waals surface area (Å²) in [5.41, 5.74) is 6.55. The van der Waals surface area contributed by atoms with Gasteiger partial charge >= 0.3 is 0 Å². The monoisotopic (exact) mass is 281 g/mol. The van der Waals surface area contributed by atoms with Crippen LogP contribution in [0.1, 0.15) is 26.3 Å². The highest BCUT2D eigenvalue weighted by atomic mass is 19.1. The first-order chi connectivity index (χ1) is 9.43. The van der Waals surface area contributed by atoms with Crippen LogP contribution in [-0.2, 0) is 11.3 Å². The van der Waals surface area contributed by atoms with Crippen LogP contribution in [0.2, 0.25) is 0 Å². The highest BCUT2D eigenvalue weighted by Gasteiger charge is 2.15. The van der Waals surface area contributed by atoms with Crippen molar-refractivity contribution in [2.45, 2.75) is 27.3 Å². The summed E-state index contributed by atoms with van der Waals surface area (Å²) >= 11 is 0. The van der Waals surface area contributed by atoms with Crippen molar-refractivity contribution >= 4 is 11.6 Å². The molecule has 1 rings (SSSR count). The average Bonchev–Trinajstić information content (AvgIpc) is 2.34. The molecule has 0 unspecified atom stereocenters. The average molecular weight is 281 g/mol. The quantitative estimate of drug-likeness (QED) is 0.765. The van der Waals surface area contributed by atoms with Crippen LogP contribution in [0.5, 0.6) is 0 Å². The Morgan fingerprint density at radius 3 is 2.65 bits per heavy atom. The van der Waals surface area contributed by atoms with Gasteiger partial charge in [-0.25, -0.2) is 4.39 Å². The Morgan fingerprint density at radius 2 is 2.15 bits per heavy atom. The Labute approximate surface area is 120 Å². The number of halogens is 1. The number of nitrogens with zero attached hydrogens (tertiary/aromatic N) is 1. The molecule has 4 nitrogen and oxygen atoms in total. The summed E-state index contributed by atoms with van der Waals surface area (Å²) in [5.74, 6) is -0.459. The zero-order chi connectivity index (χ0) is 15.1. The zero-order valence-electron chi connectivity index (χ0n) is 12.4. The summed E-state index contributed by atoms with van der Waals surface area (Å²) in [4.78, 5) is 12.8. The maximum absolute atomic E-state index is 14.2. The highest BCUT2D eigenvalue weighted by Crippen LogP contribution is 2.21. The lowest BCUT2D eigenvalue weighted by molar-refractivity contribution is -0.116. The molecule has 112 valence electrons. The minimum Gasteiger partial charge on any atom is -0.368 e. The highest BCUT2D eigenvalue weighted by molar-refractivity contribution is 5.79. The van der Waals surface area contributed by atoms with Gasteiger partial charge in [-0.3, -0.25) is 4.79 Å². The van der Waals surface area contributed by atoms with Crippen LogP contribution in [0.4, 0.5) is 10.1 Å². The molecule has 0 aliphatic heterocycles. The predicted octanol–water partition coefficient (Wildman–Crippen LogP) is 1.88. The van der Waals surface area contributed by atoms with Gasteiger partial charge in [0, 0.05) is 13.1 Å². The minimum atomic E-state index is -0.457. The topological polar surface area (TPSA) is 58.4 Å². The molecule has 0 fully saturated rings. The second kappa shape index (κ2) is 7.85. The molecular formula is C15H24FN3O. The number of carbonyl (C=O) groups is 1. The molecule has 0 aromatic heterocycles. The molecule has 0 atom stereocenters. The summed E-state index contributed by atoms with van der Waals surface area (Å²) in [7, 11) is 0. The first kappa shape index (κ1) is 16.4. The van der Waals surface area contributed by atoms with Crippen molar-refractivity contribution in [2.24, 2.45) is 11.7 Å². The number of nitrogens with two attached hydrogens (primary N) is 1. The van der Waals surface area contributed by atoms with Crippen LogP contribution in [0.15, 0.2) is 18.2 Å². The van der Waals surface area contributed by atoms with Crippen LogP contribution in [0, 0.1) is 11.7 Å². The fraction of sp³-hybridized carbons (Fsp3) is 0.533. The molecule has 20 heavy (non-hydrogen) atoms. The van der Waals surface area contributed by atoms with Gasteiger partial charge in [-0.15, -0.1) is 0 Å². The lowest BCUT2D eigenvalue weighted by Crippen LogP contribution is -2.36. The van der Waals surface area contributed by atoms with Crippen molar-refractivity contribution in [2.75, 3.05) is 24.5 Å². The van der Waals surface area contributed by atoms with Crippen LogP contribution in [0.25, 0.3) is 0 Å². The molecule has 5 heteroatoms. The van der Waals surface area contributed by atoms with E-state index < -0.39 is 5.91 Å². The second-order valence-corrected chi connectivity index (χ2v) is 5.31. The summed E-state index contributed by atoms with van der Waals surface area (Å²) in [6.45, 7) is 8.13. The van der Waals surface area contributed by atoms with Gasteiger partial charge in [0.05, 0.1) is 12.2 Å². The van der Waals surface area contributed by atoms with Crippen molar-refractivity contribution in [1.29, 1.82) is 0 Å². The van der Waals surface area contributed by atoms with Crippen molar-refractivity contribution < 1.29 is 9.18 Å². The minimum absolute atomic E-state index is 0.0294. The van der Waals surface area contributed by atoms with Gasteiger partial charge in [-0.1, -0.05) is 26.8 Å². The molecule has 0 radical (unpaired) electrons. The molecule has 0 saturated carbocycles. The second-order valence-electron chi connectivity index (χ2n) is 5.31. The van der Waals surface area contributed by atoms with Crippen molar-refractivity contribution in [3.63, 3.8) is 0 Å². The fourth-order valence-electron chi connectivity index (χ4n) is 2.06. The van der Waals surface area contributed by atoms with Gasteiger partial charge in [0.1, 0.15) is 5.82 Å². The number of rotatable bonds is 8. The number of anilines is 1. The Kier molecular flexibility index (Phi) is 6.45.